The van der Waals surface area contributed by atoms with Gasteiger partial charge >= 0.3 is 5.69 Å². The average Bonchev–Trinajstić information content (AvgIpc) is 2.52. The molecule has 0 spiro atoms. The van der Waals surface area contributed by atoms with Gasteiger partial charge in [-0.15, -0.1) is 0 Å². The predicted molar refractivity (Wildman–Crippen MR) is 90.8 cm³/mol. The molecule has 0 aliphatic carbocycles. The molecule has 5 heteroatoms. The van der Waals surface area contributed by atoms with Crippen LogP contribution in [0.3, 0.4) is 0 Å². The number of nitrogens with one attached hydrogen (secondary N) is 1. The molecule has 5 nitrogen and oxygen atoms in total. The van der Waals surface area contributed by atoms with Crippen LogP contribution < -0.4 is 11.2 Å². The number of nitrogens with zero attached hydrogens (tertiary/aromatic N) is 2. The van der Waals surface area contributed by atoms with Crippen LogP contribution in [0.4, 0.5) is 0 Å². The number of aryl methyl sites for hydroxylation is 2. The zero-order valence-corrected chi connectivity index (χ0v) is 13.7. The molecule has 0 radical (unpaired) electrons. The maximum Gasteiger partial charge on any atom is 0.328 e. The van der Waals surface area contributed by atoms with Gasteiger partial charge in [0.05, 0.1) is 0 Å². The van der Waals surface area contributed by atoms with Crippen molar-refractivity contribution in [2.45, 2.75) is 39.3 Å². The number of aromatic amines is 1. The number of piperidine rings is 1. The third kappa shape index (κ3) is 3.62. The van der Waals surface area contributed by atoms with Gasteiger partial charge in [-0.2, -0.15) is 0 Å². The van der Waals surface area contributed by atoms with Crippen molar-refractivity contribution in [1.82, 2.24) is 14.5 Å². The van der Waals surface area contributed by atoms with Crippen LogP contribution in [0.5, 0.6) is 0 Å². The van der Waals surface area contributed by atoms with Gasteiger partial charge in [0.2, 0.25) is 0 Å². The first-order chi connectivity index (χ1) is 11.0. The lowest BCUT2D eigenvalue weighted by molar-refractivity contribution is 0.177. The number of hydrogen-bond donors (Lipinski definition) is 1. The Balaban J connectivity index is 1.66. The van der Waals surface area contributed by atoms with Crippen molar-refractivity contribution in [3.8, 4) is 0 Å². The van der Waals surface area contributed by atoms with E-state index in [0.717, 1.165) is 32.5 Å². The van der Waals surface area contributed by atoms with E-state index in [1.54, 1.807) is 17.7 Å². The second-order valence-corrected chi connectivity index (χ2v) is 6.48. The van der Waals surface area contributed by atoms with Gasteiger partial charge in [-0.05, 0) is 32.3 Å². The van der Waals surface area contributed by atoms with Gasteiger partial charge in [0, 0.05) is 37.4 Å². The minimum atomic E-state index is -0.294. The molecule has 1 aliphatic heterocycles. The van der Waals surface area contributed by atoms with Crippen LogP contribution in [0.15, 0.2) is 40.1 Å². The SMILES string of the molecule is Cc1cccc(CN2CCC(n3cc(C)c(=O)[nH]c3=O)CC2)c1. The molecular formula is C18H23N3O2. The Bertz CT molecular complexity index is 798. The van der Waals surface area contributed by atoms with Crippen molar-refractivity contribution in [2.24, 2.45) is 0 Å². The Hall–Kier alpha value is -2.14. The van der Waals surface area contributed by atoms with E-state index < -0.39 is 0 Å². The average molecular weight is 313 g/mol. The van der Waals surface area contributed by atoms with Gasteiger partial charge in [-0.25, -0.2) is 4.79 Å². The molecule has 3 rings (SSSR count). The fraction of sp³-hybridized carbons (Fsp3) is 0.444. The second kappa shape index (κ2) is 6.54. The molecule has 0 amide bonds. The standard InChI is InChI=1S/C18H23N3O2/c1-13-4-3-5-15(10-13)12-20-8-6-16(7-9-20)21-11-14(2)17(22)19-18(21)23/h3-5,10-11,16H,6-9,12H2,1-2H3,(H,19,22,23). The summed E-state index contributed by atoms with van der Waals surface area (Å²) >= 11 is 0. The van der Waals surface area contributed by atoms with E-state index in [1.807, 2.05) is 0 Å². The molecule has 1 aliphatic rings. The molecule has 0 bridgehead atoms. The highest BCUT2D eigenvalue weighted by Gasteiger charge is 2.21. The molecule has 1 N–H and O–H groups in total. The highest BCUT2D eigenvalue weighted by molar-refractivity contribution is 5.22. The minimum Gasteiger partial charge on any atom is -0.299 e. The first kappa shape index (κ1) is 15.7. The first-order valence-electron chi connectivity index (χ1n) is 8.13. The lowest BCUT2D eigenvalue weighted by atomic mass is 10.0. The van der Waals surface area contributed by atoms with E-state index in [2.05, 4.69) is 41.1 Å². The van der Waals surface area contributed by atoms with E-state index in [4.69, 9.17) is 0 Å². The van der Waals surface area contributed by atoms with Crippen molar-refractivity contribution < 1.29 is 0 Å². The summed E-state index contributed by atoms with van der Waals surface area (Å²) in [7, 11) is 0. The monoisotopic (exact) mass is 313 g/mol. The summed E-state index contributed by atoms with van der Waals surface area (Å²) in [6.07, 6.45) is 3.55. The van der Waals surface area contributed by atoms with Gasteiger partial charge in [0.25, 0.3) is 5.56 Å². The normalized spacial score (nSPS) is 16.6. The van der Waals surface area contributed by atoms with Crippen LogP contribution in [-0.4, -0.2) is 27.5 Å². The van der Waals surface area contributed by atoms with Crippen molar-refractivity contribution in [3.63, 3.8) is 0 Å². The van der Waals surface area contributed by atoms with E-state index in [0.29, 0.717) is 5.56 Å². The number of benzene rings is 1. The predicted octanol–water partition coefficient (Wildman–Crippen LogP) is 1.99. The maximum absolute atomic E-state index is 12.0. The molecule has 0 atom stereocenters. The van der Waals surface area contributed by atoms with Gasteiger partial charge in [0.1, 0.15) is 0 Å². The Kier molecular flexibility index (Phi) is 4.48. The largest absolute Gasteiger partial charge is 0.328 e. The molecule has 0 unspecified atom stereocenters. The van der Waals surface area contributed by atoms with Crippen molar-refractivity contribution in [3.05, 3.63) is 68.0 Å². The van der Waals surface area contributed by atoms with Crippen LogP contribution >= 0.6 is 0 Å². The molecular weight excluding hydrogens is 290 g/mol. The summed E-state index contributed by atoms with van der Waals surface area (Å²) in [5, 5.41) is 0. The fourth-order valence-electron chi connectivity index (χ4n) is 3.28. The van der Waals surface area contributed by atoms with Crippen LogP contribution in [0.2, 0.25) is 0 Å². The molecule has 1 fully saturated rings. The number of likely N-dealkylation sites (tertiary alicyclic amines) is 1. The molecule has 1 aromatic heterocycles. The quantitative estimate of drug-likeness (QED) is 0.943. The summed E-state index contributed by atoms with van der Waals surface area (Å²) < 4.78 is 1.70. The van der Waals surface area contributed by atoms with Crippen molar-refractivity contribution >= 4 is 0 Å². The Morgan fingerprint density at radius 1 is 1.17 bits per heavy atom. The molecule has 1 saturated heterocycles. The highest BCUT2D eigenvalue weighted by atomic mass is 16.2. The van der Waals surface area contributed by atoms with Crippen LogP contribution in [0.25, 0.3) is 0 Å². The molecule has 0 saturated carbocycles. The molecule has 23 heavy (non-hydrogen) atoms. The zero-order chi connectivity index (χ0) is 16.4. The molecule has 1 aromatic carbocycles. The first-order valence-corrected chi connectivity index (χ1v) is 8.13. The number of H-pyrrole nitrogens is 1. The Morgan fingerprint density at radius 2 is 1.91 bits per heavy atom. The lowest BCUT2D eigenvalue weighted by Crippen LogP contribution is -2.39. The number of hydrogen-bond acceptors (Lipinski definition) is 3. The van der Waals surface area contributed by atoms with E-state index in [1.165, 1.54) is 11.1 Å². The summed E-state index contributed by atoms with van der Waals surface area (Å²) in [5.41, 5.74) is 2.63. The maximum atomic E-state index is 12.0. The Morgan fingerprint density at radius 3 is 2.61 bits per heavy atom. The topological polar surface area (TPSA) is 58.1 Å². The summed E-state index contributed by atoms with van der Waals surface area (Å²) in [6.45, 7) is 6.72. The molecule has 2 aromatic rings. The third-order valence-electron chi connectivity index (χ3n) is 4.59. The highest BCUT2D eigenvalue weighted by Crippen LogP contribution is 2.22. The van der Waals surface area contributed by atoms with Crippen molar-refractivity contribution in [2.75, 3.05) is 13.1 Å². The Labute approximate surface area is 135 Å². The summed E-state index contributed by atoms with van der Waals surface area (Å²) in [5.74, 6) is 0. The smallest absolute Gasteiger partial charge is 0.299 e. The minimum absolute atomic E-state index is 0.173. The number of rotatable bonds is 3. The van der Waals surface area contributed by atoms with Crippen LogP contribution in [-0.2, 0) is 6.54 Å². The zero-order valence-electron chi connectivity index (χ0n) is 13.7. The van der Waals surface area contributed by atoms with E-state index in [9.17, 15) is 9.59 Å². The number of aromatic nitrogens is 2. The molecule has 122 valence electrons. The fourth-order valence-corrected chi connectivity index (χ4v) is 3.28. The third-order valence-corrected chi connectivity index (χ3v) is 4.59. The van der Waals surface area contributed by atoms with Gasteiger partial charge in [0.15, 0.2) is 0 Å². The van der Waals surface area contributed by atoms with E-state index in [-0.39, 0.29) is 17.3 Å². The van der Waals surface area contributed by atoms with Crippen LogP contribution in [0, 0.1) is 13.8 Å². The molecule has 2 heterocycles. The second-order valence-electron chi connectivity index (χ2n) is 6.48. The van der Waals surface area contributed by atoms with Crippen molar-refractivity contribution in [1.29, 1.82) is 0 Å². The summed E-state index contributed by atoms with van der Waals surface area (Å²) in [6, 6.07) is 8.77. The lowest BCUT2D eigenvalue weighted by Gasteiger charge is -2.32. The summed E-state index contributed by atoms with van der Waals surface area (Å²) in [4.78, 5) is 28.3. The van der Waals surface area contributed by atoms with Crippen LogP contribution in [0.1, 0.15) is 35.6 Å². The van der Waals surface area contributed by atoms with Gasteiger partial charge < -0.3 is 0 Å². The van der Waals surface area contributed by atoms with Gasteiger partial charge in [-0.1, -0.05) is 29.8 Å². The van der Waals surface area contributed by atoms with E-state index >= 15 is 0 Å². The van der Waals surface area contributed by atoms with Gasteiger partial charge in [-0.3, -0.25) is 19.2 Å².